The van der Waals surface area contributed by atoms with Crippen LogP contribution in [0.15, 0.2) is 46.0 Å². The average Bonchev–Trinajstić information content (AvgIpc) is 3.27. The third kappa shape index (κ3) is 4.07. The lowest BCUT2D eigenvalue weighted by atomic mass is 10.1. The van der Waals surface area contributed by atoms with Crippen LogP contribution >= 0.6 is 22.7 Å². The largest absolute Gasteiger partial charge is 0.383 e. The van der Waals surface area contributed by atoms with Crippen molar-refractivity contribution >= 4 is 32.7 Å². The summed E-state index contributed by atoms with van der Waals surface area (Å²) in [7, 11) is -3.59. The molecule has 3 aromatic rings. The van der Waals surface area contributed by atoms with Gasteiger partial charge in [-0.3, -0.25) is 0 Å². The molecule has 3 rings (SSSR count). The molecule has 138 valence electrons. The first-order chi connectivity index (χ1) is 12.3. The fourth-order valence-corrected chi connectivity index (χ4v) is 5.75. The molecule has 0 spiro atoms. The SMILES string of the molecule is Cc1cc(C)c(S(=O)(=O)NCc2ccc(C(O)c3ccsc3)s2)cc1C. The van der Waals surface area contributed by atoms with Gasteiger partial charge in [-0.15, -0.1) is 11.3 Å². The minimum absolute atomic E-state index is 0.204. The molecule has 7 heteroatoms. The monoisotopic (exact) mass is 407 g/mol. The van der Waals surface area contributed by atoms with Gasteiger partial charge in [-0.05, 0) is 78.1 Å². The molecule has 0 aliphatic rings. The number of aliphatic hydroxyl groups is 1. The second-order valence-corrected chi connectivity index (χ2v) is 10.0. The first-order valence-corrected chi connectivity index (χ1v) is 11.4. The van der Waals surface area contributed by atoms with Gasteiger partial charge < -0.3 is 5.11 Å². The molecule has 2 heterocycles. The quantitative estimate of drug-likeness (QED) is 0.640. The summed E-state index contributed by atoms with van der Waals surface area (Å²) in [4.78, 5) is 1.98. The maximum absolute atomic E-state index is 12.7. The number of rotatable bonds is 6. The van der Waals surface area contributed by atoms with Gasteiger partial charge in [0.05, 0.1) is 4.90 Å². The second kappa shape index (κ2) is 7.62. The van der Waals surface area contributed by atoms with Gasteiger partial charge >= 0.3 is 0 Å². The molecule has 0 bridgehead atoms. The van der Waals surface area contributed by atoms with Crippen LogP contribution in [-0.4, -0.2) is 13.5 Å². The molecule has 26 heavy (non-hydrogen) atoms. The van der Waals surface area contributed by atoms with E-state index in [0.29, 0.717) is 4.90 Å². The molecule has 4 nitrogen and oxygen atoms in total. The van der Waals surface area contributed by atoms with Gasteiger partial charge in [0.25, 0.3) is 0 Å². The molecular formula is C19H21NO3S3. The molecule has 0 aliphatic carbocycles. The molecule has 1 aromatic carbocycles. The highest BCUT2D eigenvalue weighted by Gasteiger charge is 2.19. The van der Waals surface area contributed by atoms with E-state index in [9.17, 15) is 13.5 Å². The smallest absolute Gasteiger partial charge is 0.241 e. The Morgan fingerprint density at radius 3 is 2.50 bits per heavy atom. The number of benzene rings is 1. The summed E-state index contributed by atoms with van der Waals surface area (Å²) in [5, 5.41) is 14.2. The average molecular weight is 408 g/mol. The fourth-order valence-electron chi connectivity index (χ4n) is 2.70. The molecule has 1 atom stereocenters. The predicted octanol–water partition coefficient (Wildman–Crippen LogP) is 4.30. The number of nitrogens with one attached hydrogen (secondary N) is 1. The number of hydrogen-bond acceptors (Lipinski definition) is 5. The molecule has 0 radical (unpaired) electrons. The van der Waals surface area contributed by atoms with E-state index < -0.39 is 16.1 Å². The van der Waals surface area contributed by atoms with Gasteiger partial charge in [0, 0.05) is 16.3 Å². The van der Waals surface area contributed by atoms with Crippen molar-refractivity contribution in [1.82, 2.24) is 4.72 Å². The fraction of sp³-hybridized carbons (Fsp3) is 0.263. The highest BCUT2D eigenvalue weighted by Crippen LogP contribution is 2.30. The molecule has 0 aliphatic heterocycles. The van der Waals surface area contributed by atoms with E-state index in [1.807, 2.05) is 55.8 Å². The standard InChI is InChI=1S/C19H21NO3S3/c1-12-8-14(3)18(9-13(12)2)26(22,23)20-10-16-4-5-17(25-16)19(21)15-6-7-24-11-15/h4-9,11,19-21H,10H2,1-3H3. The van der Waals surface area contributed by atoms with Crippen LogP contribution in [-0.2, 0) is 16.6 Å². The van der Waals surface area contributed by atoms with Crippen LogP contribution in [0.3, 0.4) is 0 Å². The van der Waals surface area contributed by atoms with E-state index in [-0.39, 0.29) is 6.54 Å². The maximum Gasteiger partial charge on any atom is 0.241 e. The molecule has 0 saturated heterocycles. The van der Waals surface area contributed by atoms with Gasteiger partial charge in [-0.25, -0.2) is 13.1 Å². The second-order valence-electron chi connectivity index (χ2n) is 6.29. The van der Waals surface area contributed by atoms with Crippen LogP contribution in [0.4, 0.5) is 0 Å². The summed E-state index contributed by atoms with van der Waals surface area (Å²) in [5.74, 6) is 0. The highest BCUT2D eigenvalue weighted by molar-refractivity contribution is 7.89. The van der Waals surface area contributed by atoms with Crippen molar-refractivity contribution in [3.8, 4) is 0 Å². The lowest BCUT2D eigenvalue weighted by Gasteiger charge is -2.11. The summed E-state index contributed by atoms with van der Waals surface area (Å²) in [6.07, 6.45) is -0.668. The van der Waals surface area contributed by atoms with E-state index in [1.165, 1.54) is 22.7 Å². The summed E-state index contributed by atoms with van der Waals surface area (Å²) in [6, 6.07) is 9.20. The van der Waals surface area contributed by atoms with E-state index >= 15 is 0 Å². The third-order valence-electron chi connectivity index (χ3n) is 4.33. The van der Waals surface area contributed by atoms with E-state index in [1.54, 1.807) is 6.07 Å². The number of aryl methyl sites for hydroxylation is 3. The lowest BCUT2D eigenvalue weighted by Crippen LogP contribution is -2.23. The first kappa shape index (κ1) is 19.3. The topological polar surface area (TPSA) is 66.4 Å². The highest BCUT2D eigenvalue weighted by atomic mass is 32.2. The van der Waals surface area contributed by atoms with Crippen LogP contribution < -0.4 is 4.72 Å². The van der Waals surface area contributed by atoms with Gasteiger partial charge in [-0.1, -0.05) is 6.07 Å². The van der Waals surface area contributed by atoms with Crippen molar-refractivity contribution in [2.24, 2.45) is 0 Å². The van der Waals surface area contributed by atoms with Crippen molar-refractivity contribution in [3.05, 3.63) is 73.1 Å². The number of hydrogen-bond donors (Lipinski definition) is 2. The zero-order chi connectivity index (χ0) is 18.9. The molecular weight excluding hydrogens is 386 g/mol. The van der Waals surface area contributed by atoms with Crippen molar-refractivity contribution in [1.29, 1.82) is 0 Å². The Bertz CT molecular complexity index is 1000. The Kier molecular flexibility index (Phi) is 5.64. The summed E-state index contributed by atoms with van der Waals surface area (Å²) in [5.41, 5.74) is 3.62. The zero-order valence-corrected chi connectivity index (χ0v) is 17.3. The molecule has 2 aromatic heterocycles. The van der Waals surface area contributed by atoms with Crippen LogP contribution in [0.5, 0.6) is 0 Å². The maximum atomic E-state index is 12.7. The number of aliphatic hydroxyl groups excluding tert-OH is 1. The van der Waals surface area contributed by atoms with Crippen molar-refractivity contribution in [2.45, 2.75) is 38.3 Å². The van der Waals surface area contributed by atoms with E-state index in [4.69, 9.17) is 0 Å². The van der Waals surface area contributed by atoms with E-state index in [2.05, 4.69) is 4.72 Å². The summed E-state index contributed by atoms with van der Waals surface area (Å²) >= 11 is 2.95. The minimum atomic E-state index is -3.59. The van der Waals surface area contributed by atoms with Crippen molar-refractivity contribution < 1.29 is 13.5 Å². The molecule has 1 unspecified atom stereocenters. The van der Waals surface area contributed by atoms with Crippen LogP contribution in [0.25, 0.3) is 0 Å². The molecule has 0 amide bonds. The third-order valence-corrected chi connectivity index (χ3v) is 7.71. The van der Waals surface area contributed by atoms with Crippen molar-refractivity contribution in [2.75, 3.05) is 0 Å². The van der Waals surface area contributed by atoms with E-state index in [0.717, 1.165) is 32.0 Å². The van der Waals surface area contributed by atoms with Gasteiger partial charge in [-0.2, -0.15) is 11.3 Å². The van der Waals surface area contributed by atoms with Crippen LogP contribution in [0.2, 0.25) is 0 Å². The Labute approximate surface area is 162 Å². The van der Waals surface area contributed by atoms with Gasteiger partial charge in [0.15, 0.2) is 0 Å². The Hall–Kier alpha value is -1.51. The van der Waals surface area contributed by atoms with Crippen LogP contribution in [0, 0.1) is 20.8 Å². The first-order valence-electron chi connectivity index (χ1n) is 8.14. The molecule has 0 saturated carbocycles. The lowest BCUT2D eigenvalue weighted by molar-refractivity contribution is 0.224. The predicted molar refractivity (Wildman–Crippen MR) is 107 cm³/mol. The van der Waals surface area contributed by atoms with Crippen LogP contribution in [0.1, 0.15) is 38.1 Å². The normalized spacial score (nSPS) is 13.1. The Morgan fingerprint density at radius 2 is 1.81 bits per heavy atom. The minimum Gasteiger partial charge on any atom is -0.383 e. The Morgan fingerprint density at radius 1 is 1.08 bits per heavy atom. The van der Waals surface area contributed by atoms with Gasteiger partial charge in [0.2, 0.25) is 10.0 Å². The van der Waals surface area contributed by atoms with Gasteiger partial charge in [0.1, 0.15) is 6.10 Å². The zero-order valence-electron chi connectivity index (χ0n) is 14.8. The molecule has 2 N–H and O–H groups in total. The number of thiophene rings is 2. The molecule has 0 fully saturated rings. The number of sulfonamides is 1. The van der Waals surface area contributed by atoms with Crippen molar-refractivity contribution in [3.63, 3.8) is 0 Å². The summed E-state index contributed by atoms with van der Waals surface area (Å²) in [6.45, 7) is 5.89. The summed E-state index contributed by atoms with van der Waals surface area (Å²) < 4.78 is 28.0. The Balaban J connectivity index is 1.74.